The highest BCUT2D eigenvalue weighted by Gasteiger charge is 2.29. The van der Waals surface area contributed by atoms with Gasteiger partial charge in [0.2, 0.25) is 10.0 Å². The molecule has 0 saturated carbocycles. The molecule has 0 atom stereocenters. The zero-order chi connectivity index (χ0) is 22.9. The molecule has 1 fully saturated rings. The number of hydrogen-bond donors (Lipinski definition) is 0. The summed E-state index contributed by atoms with van der Waals surface area (Å²) in [4.78, 5) is 14.9. The first kappa shape index (κ1) is 22.7. The predicted octanol–water partition coefficient (Wildman–Crippen LogP) is 3.43. The summed E-state index contributed by atoms with van der Waals surface area (Å²) in [6.07, 6.45) is 3.48. The minimum atomic E-state index is -3.77. The van der Waals surface area contributed by atoms with Crippen molar-refractivity contribution in [3.05, 3.63) is 59.0 Å². The lowest BCUT2D eigenvalue weighted by atomic mass is 9.95. The van der Waals surface area contributed by atoms with Gasteiger partial charge in [-0.05, 0) is 43.2 Å². The number of carbonyl (C=O) groups is 1. The standard InChI is InChI=1S/C22H26ClN5O3S/c1-3-27(4-2)32(30,31)19-15-17(8-9-18(19)23)22(29)26-13-10-16(11-14-26)21-25-24-20-7-5-6-12-28(20)21/h5-9,12,15-16H,3-4,10-11,13-14H2,1-2H3. The molecule has 0 bridgehead atoms. The minimum Gasteiger partial charge on any atom is -0.339 e. The van der Waals surface area contributed by atoms with E-state index >= 15 is 0 Å². The zero-order valence-corrected chi connectivity index (χ0v) is 19.7. The second-order valence-electron chi connectivity index (χ2n) is 7.79. The third kappa shape index (κ3) is 4.12. The molecule has 1 aromatic carbocycles. The molecule has 2 aromatic heterocycles. The number of hydrogen-bond acceptors (Lipinski definition) is 5. The Morgan fingerprint density at radius 3 is 2.53 bits per heavy atom. The fraction of sp³-hybridized carbons (Fsp3) is 0.409. The molecule has 0 unspecified atom stereocenters. The van der Waals surface area contributed by atoms with Crippen molar-refractivity contribution in [2.45, 2.75) is 37.5 Å². The van der Waals surface area contributed by atoms with Crippen molar-refractivity contribution in [2.75, 3.05) is 26.2 Å². The number of fused-ring (bicyclic) bond motifs is 1. The summed E-state index contributed by atoms with van der Waals surface area (Å²) < 4.78 is 29.2. The topological polar surface area (TPSA) is 87.9 Å². The van der Waals surface area contributed by atoms with Crippen LogP contribution in [0.15, 0.2) is 47.5 Å². The molecular weight excluding hydrogens is 450 g/mol. The second kappa shape index (κ2) is 9.17. The Morgan fingerprint density at radius 2 is 1.84 bits per heavy atom. The van der Waals surface area contributed by atoms with Crippen LogP contribution in [0.2, 0.25) is 5.02 Å². The summed E-state index contributed by atoms with van der Waals surface area (Å²) in [6.45, 7) is 5.33. The average Bonchev–Trinajstić information content (AvgIpc) is 3.24. The normalized spacial score (nSPS) is 15.6. The van der Waals surface area contributed by atoms with Gasteiger partial charge < -0.3 is 4.90 Å². The van der Waals surface area contributed by atoms with E-state index in [1.807, 2.05) is 28.8 Å². The molecule has 4 rings (SSSR count). The molecule has 3 heterocycles. The van der Waals surface area contributed by atoms with Crippen LogP contribution in [-0.4, -0.2) is 64.3 Å². The molecular formula is C22H26ClN5O3S. The van der Waals surface area contributed by atoms with Crippen LogP contribution < -0.4 is 0 Å². The summed E-state index contributed by atoms with van der Waals surface area (Å²) in [5.74, 6) is 0.925. The Kier molecular flexibility index (Phi) is 6.50. The number of likely N-dealkylation sites (tertiary alicyclic amines) is 1. The zero-order valence-electron chi connectivity index (χ0n) is 18.1. The van der Waals surface area contributed by atoms with Crippen molar-refractivity contribution >= 4 is 33.2 Å². The SMILES string of the molecule is CCN(CC)S(=O)(=O)c1cc(C(=O)N2CCC(c3nnc4ccccn34)CC2)ccc1Cl. The predicted molar refractivity (Wildman–Crippen MR) is 122 cm³/mol. The van der Waals surface area contributed by atoms with E-state index in [9.17, 15) is 13.2 Å². The Labute approximate surface area is 192 Å². The molecule has 3 aromatic rings. The number of aromatic nitrogens is 3. The fourth-order valence-electron chi connectivity index (χ4n) is 4.20. The first-order valence-electron chi connectivity index (χ1n) is 10.8. The van der Waals surface area contributed by atoms with E-state index in [1.54, 1.807) is 24.8 Å². The summed E-state index contributed by atoms with van der Waals surface area (Å²) in [5, 5.41) is 8.69. The minimum absolute atomic E-state index is 0.0291. The summed E-state index contributed by atoms with van der Waals surface area (Å²) >= 11 is 6.21. The van der Waals surface area contributed by atoms with Gasteiger partial charge in [-0.15, -0.1) is 10.2 Å². The van der Waals surface area contributed by atoms with Crippen LogP contribution in [0.1, 0.15) is 48.8 Å². The number of pyridine rings is 1. The van der Waals surface area contributed by atoms with Crippen LogP contribution in [0.4, 0.5) is 0 Å². The van der Waals surface area contributed by atoms with Crippen molar-refractivity contribution in [1.82, 2.24) is 23.8 Å². The molecule has 0 N–H and O–H groups in total. The molecule has 10 heteroatoms. The molecule has 0 aliphatic carbocycles. The first-order valence-corrected chi connectivity index (χ1v) is 12.6. The van der Waals surface area contributed by atoms with Gasteiger partial charge in [-0.3, -0.25) is 9.20 Å². The third-order valence-electron chi connectivity index (χ3n) is 5.99. The third-order valence-corrected chi connectivity index (χ3v) is 8.52. The lowest BCUT2D eigenvalue weighted by molar-refractivity contribution is 0.0710. The Balaban J connectivity index is 1.51. The van der Waals surface area contributed by atoms with Crippen molar-refractivity contribution in [2.24, 2.45) is 0 Å². The molecule has 1 aliphatic rings. The van der Waals surface area contributed by atoms with Crippen molar-refractivity contribution in [3.63, 3.8) is 0 Å². The Hall–Kier alpha value is -2.49. The van der Waals surface area contributed by atoms with Gasteiger partial charge >= 0.3 is 0 Å². The van der Waals surface area contributed by atoms with Gasteiger partial charge in [-0.25, -0.2) is 8.42 Å². The van der Waals surface area contributed by atoms with Crippen LogP contribution in [0.3, 0.4) is 0 Å². The van der Waals surface area contributed by atoms with Crippen molar-refractivity contribution in [1.29, 1.82) is 0 Å². The lowest BCUT2D eigenvalue weighted by Crippen LogP contribution is -2.38. The van der Waals surface area contributed by atoms with Crippen LogP contribution in [0.25, 0.3) is 5.65 Å². The Morgan fingerprint density at radius 1 is 1.12 bits per heavy atom. The van der Waals surface area contributed by atoms with Crippen LogP contribution in [0, 0.1) is 0 Å². The molecule has 1 amide bonds. The molecule has 170 valence electrons. The second-order valence-corrected chi connectivity index (χ2v) is 10.1. The summed E-state index contributed by atoms with van der Waals surface area (Å²) in [7, 11) is -3.77. The van der Waals surface area contributed by atoms with Gasteiger partial charge in [0.25, 0.3) is 5.91 Å². The van der Waals surface area contributed by atoms with Gasteiger partial charge in [0.1, 0.15) is 10.7 Å². The maximum absolute atomic E-state index is 13.1. The van der Waals surface area contributed by atoms with Crippen molar-refractivity contribution in [3.8, 4) is 0 Å². The van der Waals surface area contributed by atoms with E-state index in [-0.39, 0.29) is 21.7 Å². The maximum Gasteiger partial charge on any atom is 0.253 e. The van der Waals surface area contributed by atoms with Crippen LogP contribution in [0.5, 0.6) is 0 Å². The maximum atomic E-state index is 13.1. The highest BCUT2D eigenvalue weighted by Crippen LogP contribution is 2.30. The van der Waals surface area contributed by atoms with Gasteiger partial charge in [-0.1, -0.05) is 31.5 Å². The number of piperidine rings is 1. The molecule has 8 nitrogen and oxygen atoms in total. The molecule has 0 spiro atoms. The number of carbonyl (C=O) groups excluding carboxylic acids is 1. The number of halogens is 1. The largest absolute Gasteiger partial charge is 0.339 e. The Bertz CT molecular complexity index is 1230. The van der Waals surface area contributed by atoms with E-state index in [0.717, 1.165) is 24.3 Å². The van der Waals surface area contributed by atoms with E-state index in [1.165, 1.54) is 16.4 Å². The summed E-state index contributed by atoms with van der Waals surface area (Å²) in [5.41, 5.74) is 1.13. The fourth-order valence-corrected chi connectivity index (χ4v) is 6.16. The van der Waals surface area contributed by atoms with Gasteiger partial charge in [0, 0.05) is 43.9 Å². The van der Waals surface area contributed by atoms with E-state index < -0.39 is 10.0 Å². The number of benzene rings is 1. The number of amides is 1. The van der Waals surface area contributed by atoms with Crippen LogP contribution >= 0.6 is 11.6 Å². The van der Waals surface area contributed by atoms with Crippen LogP contribution in [-0.2, 0) is 10.0 Å². The quantitative estimate of drug-likeness (QED) is 0.545. The lowest BCUT2D eigenvalue weighted by Gasteiger charge is -2.31. The van der Waals surface area contributed by atoms with Gasteiger partial charge in [0.15, 0.2) is 5.65 Å². The van der Waals surface area contributed by atoms with Gasteiger partial charge in [-0.2, -0.15) is 4.31 Å². The average molecular weight is 476 g/mol. The van der Waals surface area contributed by atoms with Gasteiger partial charge in [0.05, 0.1) is 5.02 Å². The molecule has 1 aliphatic heterocycles. The first-order chi connectivity index (χ1) is 15.4. The molecule has 0 radical (unpaired) electrons. The molecule has 1 saturated heterocycles. The van der Waals surface area contributed by atoms with E-state index in [2.05, 4.69) is 10.2 Å². The number of sulfonamides is 1. The molecule has 32 heavy (non-hydrogen) atoms. The summed E-state index contributed by atoms with van der Waals surface area (Å²) in [6, 6.07) is 10.3. The van der Waals surface area contributed by atoms with Crippen molar-refractivity contribution < 1.29 is 13.2 Å². The number of rotatable bonds is 6. The number of nitrogens with zero attached hydrogens (tertiary/aromatic N) is 5. The highest BCUT2D eigenvalue weighted by atomic mass is 35.5. The van der Waals surface area contributed by atoms with E-state index in [4.69, 9.17) is 11.6 Å². The highest BCUT2D eigenvalue weighted by molar-refractivity contribution is 7.89. The smallest absolute Gasteiger partial charge is 0.253 e. The monoisotopic (exact) mass is 475 g/mol. The van der Waals surface area contributed by atoms with E-state index in [0.29, 0.717) is 31.7 Å².